The fourth-order valence-corrected chi connectivity index (χ4v) is 2.84. The summed E-state index contributed by atoms with van der Waals surface area (Å²) < 4.78 is 33.0. The Kier molecular flexibility index (Phi) is 7.10. The molecule has 1 aliphatic rings. The van der Waals surface area contributed by atoms with Gasteiger partial charge in [-0.3, -0.25) is 0 Å². The first-order valence-corrected chi connectivity index (χ1v) is 7.99. The van der Waals surface area contributed by atoms with Crippen molar-refractivity contribution >= 4 is 10.2 Å². The maximum atomic E-state index is 11.9. The van der Waals surface area contributed by atoms with Crippen molar-refractivity contribution in [2.24, 2.45) is 5.92 Å². The number of hydrogen-bond acceptors (Lipinski definition) is 4. The zero-order chi connectivity index (χ0) is 13.4. The zero-order valence-electron chi connectivity index (χ0n) is 11.3. The summed E-state index contributed by atoms with van der Waals surface area (Å²) in [5, 5.41) is 3.17. The molecular weight excluding hydrogens is 254 g/mol. The number of nitrogens with one attached hydrogen (secondary N) is 2. The van der Waals surface area contributed by atoms with E-state index in [1.54, 1.807) is 7.05 Å². The van der Waals surface area contributed by atoms with Gasteiger partial charge in [-0.05, 0) is 31.8 Å². The first kappa shape index (κ1) is 15.8. The molecule has 1 rings (SSSR count). The molecule has 108 valence electrons. The Morgan fingerprint density at radius 3 is 2.83 bits per heavy atom. The highest BCUT2D eigenvalue weighted by molar-refractivity contribution is 7.87. The summed E-state index contributed by atoms with van der Waals surface area (Å²) in [6, 6.07) is 0. The molecule has 2 N–H and O–H groups in total. The molecule has 0 aliphatic carbocycles. The van der Waals surface area contributed by atoms with Gasteiger partial charge in [-0.1, -0.05) is 6.92 Å². The number of rotatable bonds is 9. The molecule has 0 aromatic rings. The van der Waals surface area contributed by atoms with Gasteiger partial charge in [-0.15, -0.1) is 0 Å². The zero-order valence-corrected chi connectivity index (χ0v) is 12.1. The van der Waals surface area contributed by atoms with Crippen LogP contribution in [-0.4, -0.2) is 59.2 Å². The SMILES string of the molecule is CCNCCCN(C)S(=O)(=O)NCC1CCOC1. The van der Waals surface area contributed by atoms with Gasteiger partial charge in [-0.2, -0.15) is 12.7 Å². The second-order valence-electron chi connectivity index (χ2n) is 4.61. The van der Waals surface area contributed by atoms with Crippen LogP contribution in [0.2, 0.25) is 0 Å². The topological polar surface area (TPSA) is 70.7 Å². The Balaban J connectivity index is 2.23. The van der Waals surface area contributed by atoms with E-state index in [0.29, 0.717) is 25.6 Å². The average molecular weight is 279 g/mol. The third kappa shape index (κ3) is 5.62. The number of hydrogen-bond donors (Lipinski definition) is 2. The highest BCUT2D eigenvalue weighted by Gasteiger charge is 2.21. The lowest BCUT2D eigenvalue weighted by molar-refractivity contribution is 0.186. The predicted octanol–water partition coefficient (Wildman–Crippen LogP) is -0.211. The summed E-state index contributed by atoms with van der Waals surface area (Å²) in [6.45, 7) is 6.19. The Labute approximate surface area is 110 Å². The second-order valence-corrected chi connectivity index (χ2v) is 6.47. The van der Waals surface area contributed by atoms with Crippen molar-refractivity contribution in [3.05, 3.63) is 0 Å². The van der Waals surface area contributed by atoms with Gasteiger partial charge in [-0.25, -0.2) is 4.72 Å². The first-order chi connectivity index (χ1) is 8.56. The van der Waals surface area contributed by atoms with Crippen LogP contribution in [0.3, 0.4) is 0 Å². The van der Waals surface area contributed by atoms with Gasteiger partial charge in [0.2, 0.25) is 0 Å². The standard InChI is InChI=1S/C11H25N3O3S/c1-3-12-6-4-7-14(2)18(15,16)13-9-11-5-8-17-10-11/h11-13H,3-10H2,1-2H3. The normalized spacial score (nSPS) is 20.7. The summed E-state index contributed by atoms with van der Waals surface area (Å²) >= 11 is 0. The Bertz CT molecular complexity index is 315. The van der Waals surface area contributed by atoms with Crippen LogP contribution in [0.1, 0.15) is 19.8 Å². The van der Waals surface area contributed by atoms with E-state index in [1.165, 1.54) is 4.31 Å². The van der Waals surface area contributed by atoms with Crippen molar-refractivity contribution in [2.45, 2.75) is 19.8 Å². The molecule has 0 saturated carbocycles. The third-order valence-electron chi connectivity index (χ3n) is 3.07. The second kappa shape index (κ2) is 8.06. The minimum atomic E-state index is -3.33. The van der Waals surface area contributed by atoms with Crippen LogP contribution in [0.15, 0.2) is 0 Å². The molecule has 1 atom stereocenters. The van der Waals surface area contributed by atoms with Crippen molar-refractivity contribution in [2.75, 3.05) is 46.4 Å². The van der Waals surface area contributed by atoms with Gasteiger partial charge in [0.1, 0.15) is 0 Å². The molecule has 1 aliphatic heterocycles. The van der Waals surface area contributed by atoms with Gasteiger partial charge >= 0.3 is 0 Å². The van der Waals surface area contributed by atoms with Crippen molar-refractivity contribution in [1.29, 1.82) is 0 Å². The summed E-state index contributed by atoms with van der Waals surface area (Å²) in [6.07, 6.45) is 1.75. The quantitative estimate of drug-likeness (QED) is 0.573. The maximum absolute atomic E-state index is 11.9. The van der Waals surface area contributed by atoms with Crippen LogP contribution in [0, 0.1) is 5.92 Å². The van der Waals surface area contributed by atoms with E-state index in [-0.39, 0.29) is 0 Å². The third-order valence-corrected chi connectivity index (χ3v) is 4.60. The van der Waals surface area contributed by atoms with Crippen molar-refractivity contribution in [3.63, 3.8) is 0 Å². The molecule has 1 fully saturated rings. The average Bonchev–Trinajstić information content (AvgIpc) is 2.85. The van der Waals surface area contributed by atoms with E-state index in [1.807, 2.05) is 6.92 Å². The van der Waals surface area contributed by atoms with E-state index in [0.717, 1.165) is 32.5 Å². The van der Waals surface area contributed by atoms with E-state index in [9.17, 15) is 8.42 Å². The first-order valence-electron chi connectivity index (χ1n) is 6.55. The Morgan fingerprint density at radius 2 is 2.22 bits per heavy atom. The fourth-order valence-electron chi connectivity index (χ4n) is 1.80. The van der Waals surface area contributed by atoms with Crippen molar-refractivity contribution in [3.8, 4) is 0 Å². The van der Waals surface area contributed by atoms with Gasteiger partial charge in [0.15, 0.2) is 0 Å². The van der Waals surface area contributed by atoms with Crippen LogP contribution in [-0.2, 0) is 14.9 Å². The van der Waals surface area contributed by atoms with Crippen molar-refractivity contribution in [1.82, 2.24) is 14.3 Å². The van der Waals surface area contributed by atoms with Gasteiger partial charge in [0.05, 0.1) is 6.61 Å². The largest absolute Gasteiger partial charge is 0.381 e. The lowest BCUT2D eigenvalue weighted by Gasteiger charge is -2.19. The molecule has 6 nitrogen and oxygen atoms in total. The lowest BCUT2D eigenvalue weighted by Crippen LogP contribution is -2.41. The molecular formula is C11H25N3O3S. The Morgan fingerprint density at radius 1 is 1.44 bits per heavy atom. The lowest BCUT2D eigenvalue weighted by atomic mass is 10.1. The van der Waals surface area contributed by atoms with Crippen LogP contribution in [0.25, 0.3) is 0 Å². The van der Waals surface area contributed by atoms with Crippen LogP contribution < -0.4 is 10.0 Å². The molecule has 0 aromatic carbocycles. The number of ether oxygens (including phenoxy) is 1. The fraction of sp³-hybridized carbons (Fsp3) is 1.00. The highest BCUT2D eigenvalue weighted by Crippen LogP contribution is 2.11. The van der Waals surface area contributed by atoms with E-state index < -0.39 is 10.2 Å². The van der Waals surface area contributed by atoms with E-state index in [4.69, 9.17) is 4.74 Å². The van der Waals surface area contributed by atoms with Gasteiger partial charge in [0, 0.05) is 26.7 Å². The molecule has 1 unspecified atom stereocenters. The number of nitrogens with zero attached hydrogens (tertiary/aromatic N) is 1. The van der Waals surface area contributed by atoms with Crippen LogP contribution in [0.5, 0.6) is 0 Å². The summed E-state index contributed by atoms with van der Waals surface area (Å²) in [7, 11) is -1.72. The molecule has 0 radical (unpaired) electrons. The molecule has 7 heteroatoms. The summed E-state index contributed by atoms with van der Waals surface area (Å²) in [5.74, 6) is 0.315. The monoisotopic (exact) mass is 279 g/mol. The molecule has 1 saturated heterocycles. The minimum Gasteiger partial charge on any atom is -0.381 e. The van der Waals surface area contributed by atoms with Gasteiger partial charge < -0.3 is 10.1 Å². The van der Waals surface area contributed by atoms with E-state index in [2.05, 4.69) is 10.0 Å². The molecule has 0 amide bonds. The predicted molar refractivity (Wildman–Crippen MR) is 71.6 cm³/mol. The van der Waals surface area contributed by atoms with E-state index >= 15 is 0 Å². The maximum Gasteiger partial charge on any atom is 0.279 e. The van der Waals surface area contributed by atoms with Gasteiger partial charge in [0.25, 0.3) is 10.2 Å². The minimum absolute atomic E-state index is 0.315. The summed E-state index contributed by atoms with van der Waals surface area (Å²) in [5.41, 5.74) is 0. The molecule has 1 heterocycles. The molecule has 18 heavy (non-hydrogen) atoms. The molecule has 0 bridgehead atoms. The van der Waals surface area contributed by atoms with Crippen LogP contribution in [0.4, 0.5) is 0 Å². The highest BCUT2D eigenvalue weighted by atomic mass is 32.2. The Hall–Kier alpha value is -0.210. The van der Waals surface area contributed by atoms with Crippen molar-refractivity contribution < 1.29 is 13.2 Å². The van der Waals surface area contributed by atoms with Crippen LogP contribution >= 0.6 is 0 Å². The smallest absolute Gasteiger partial charge is 0.279 e. The molecule has 0 aromatic heterocycles. The summed E-state index contributed by atoms with van der Waals surface area (Å²) in [4.78, 5) is 0. The molecule has 0 spiro atoms.